The maximum absolute atomic E-state index is 5.79. The molecular formula is C14H22OSi. The van der Waals surface area contributed by atoms with Crippen molar-refractivity contribution in [1.29, 1.82) is 0 Å². The van der Waals surface area contributed by atoms with Gasteiger partial charge >= 0.3 is 0 Å². The van der Waals surface area contributed by atoms with E-state index in [1.54, 1.807) is 0 Å². The van der Waals surface area contributed by atoms with Crippen LogP contribution in [0.2, 0.25) is 25.2 Å². The fourth-order valence-electron chi connectivity index (χ4n) is 2.39. The van der Waals surface area contributed by atoms with Crippen molar-refractivity contribution in [2.75, 3.05) is 6.61 Å². The van der Waals surface area contributed by atoms with Crippen molar-refractivity contribution in [2.24, 2.45) is 5.92 Å². The third-order valence-electron chi connectivity index (χ3n) is 3.48. The molecule has 2 heteroatoms. The first-order chi connectivity index (χ1) is 7.57. The van der Waals surface area contributed by atoms with Gasteiger partial charge in [-0.1, -0.05) is 50.0 Å². The lowest BCUT2D eigenvalue weighted by Crippen LogP contribution is -2.21. The van der Waals surface area contributed by atoms with Crippen LogP contribution in [0.25, 0.3) is 0 Å². The first-order valence-corrected chi connectivity index (χ1v) is 9.77. The van der Waals surface area contributed by atoms with Gasteiger partial charge in [-0.05, 0) is 23.4 Å². The molecule has 0 saturated heterocycles. The zero-order chi connectivity index (χ0) is 11.6. The van der Waals surface area contributed by atoms with Gasteiger partial charge in [-0.15, -0.1) is 0 Å². The van der Waals surface area contributed by atoms with Gasteiger partial charge in [0.2, 0.25) is 0 Å². The lowest BCUT2D eigenvalue weighted by molar-refractivity contribution is 0.111. The van der Waals surface area contributed by atoms with Gasteiger partial charge in [-0.2, -0.15) is 0 Å². The average molecular weight is 234 g/mol. The Labute approximate surface area is 99.8 Å². The van der Waals surface area contributed by atoms with Gasteiger partial charge in [0.15, 0.2) is 0 Å². The quantitative estimate of drug-likeness (QED) is 0.701. The van der Waals surface area contributed by atoms with Crippen molar-refractivity contribution in [2.45, 2.75) is 38.2 Å². The lowest BCUT2D eigenvalue weighted by atomic mass is 10.2. The number of ether oxygens (including phenoxy) is 1. The molecule has 16 heavy (non-hydrogen) atoms. The highest BCUT2D eigenvalue weighted by Gasteiger charge is 2.45. The van der Waals surface area contributed by atoms with Crippen molar-refractivity contribution in [1.82, 2.24) is 0 Å². The minimum atomic E-state index is -0.896. The SMILES string of the molecule is C[Si](C)(C)[C@@H]1C[C@H]1COCc1ccccc1. The molecule has 0 heterocycles. The van der Waals surface area contributed by atoms with Gasteiger partial charge in [0, 0.05) is 14.7 Å². The van der Waals surface area contributed by atoms with Crippen molar-refractivity contribution >= 4 is 8.07 Å². The van der Waals surface area contributed by atoms with Crippen LogP contribution in [0.15, 0.2) is 30.3 Å². The summed E-state index contributed by atoms with van der Waals surface area (Å²) in [5, 5.41) is 0. The zero-order valence-corrected chi connectivity index (χ0v) is 11.6. The molecule has 1 nitrogen and oxygen atoms in total. The van der Waals surface area contributed by atoms with Crippen LogP contribution >= 0.6 is 0 Å². The van der Waals surface area contributed by atoms with Crippen LogP contribution in [0, 0.1) is 5.92 Å². The summed E-state index contributed by atoms with van der Waals surface area (Å²) >= 11 is 0. The van der Waals surface area contributed by atoms with Crippen LogP contribution in [-0.4, -0.2) is 14.7 Å². The number of hydrogen-bond acceptors (Lipinski definition) is 1. The van der Waals surface area contributed by atoms with E-state index in [9.17, 15) is 0 Å². The lowest BCUT2D eigenvalue weighted by Gasteiger charge is -2.15. The van der Waals surface area contributed by atoms with Gasteiger partial charge in [0.1, 0.15) is 0 Å². The Kier molecular flexibility index (Phi) is 3.50. The number of hydrogen-bond donors (Lipinski definition) is 0. The molecule has 0 spiro atoms. The zero-order valence-electron chi connectivity index (χ0n) is 10.6. The molecule has 0 radical (unpaired) electrons. The predicted octanol–water partition coefficient (Wildman–Crippen LogP) is 3.93. The highest BCUT2D eigenvalue weighted by molar-refractivity contribution is 6.78. The summed E-state index contributed by atoms with van der Waals surface area (Å²) in [6.07, 6.45) is 1.41. The molecule has 0 unspecified atom stereocenters. The summed E-state index contributed by atoms with van der Waals surface area (Å²) < 4.78 is 5.79. The molecule has 2 rings (SSSR count). The Bertz CT molecular complexity index is 328. The Morgan fingerprint density at radius 2 is 1.88 bits per heavy atom. The fourth-order valence-corrected chi connectivity index (χ4v) is 4.92. The molecule has 1 aromatic rings. The van der Waals surface area contributed by atoms with Crippen LogP contribution in [-0.2, 0) is 11.3 Å². The first-order valence-electron chi connectivity index (χ1n) is 6.19. The van der Waals surface area contributed by atoms with Gasteiger partial charge in [-0.3, -0.25) is 0 Å². The van der Waals surface area contributed by atoms with E-state index in [1.807, 2.05) is 6.07 Å². The molecular weight excluding hydrogens is 212 g/mol. The number of rotatable bonds is 5. The van der Waals surface area contributed by atoms with E-state index in [-0.39, 0.29) is 0 Å². The molecule has 0 aromatic heterocycles. The molecule has 1 aromatic carbocycles. The normalized spacial score (nSPS) is 24.4. The van der Waals surface area contributed by atoms with E-state index in [2.05, 4.69) is 43.9 Å². The highest BCUT2D eigenvalue weighted by atomic mass is 28.3. The molecule has 0 amide bonds. The van der Waals surface area contributed by atoms with E-state index in [1.165, 1.54) is 12.0 Å². The minimum Gasteiger partial charge on any atom is -0.376 e. The summed E-state index contributed by atoms with van der Waals surface area (Å²) in [6, 6.07) is 10.4. The monoisotopic (exact) mass is 234 g/mol. The predicted molar refractivity (Wildman–Crippen MR) is 71.3 cm³/mol. The third-order valence-corrected chi connectivity index (χ3v) is 6.41. The smallest absolute Gasteiger partial charge is 0.0717 e. The van der Waals surface area contributed by atoms with Crippen LogP contribution in [0.5, 0.6) is 0 Å². The van der Waals surface area contributed by atoms with Crippen LogP contribution in [0.4, 0.5) is 0 Å². The van der Waals surface area contributed by atoms with Crippen LogP contribution < -0.4 is 0 Å². The topological polar surface area (TPSA) is 9.23 Å². The molecule has 1 saturated carbocycles. The fraction of sp³-hybridized carbons (Fsp3) is 0.571. The van der Waals surface area contributed by atoms with Crippen LogP contribution in [0.1, 0.15) is 12.0 Å². The van der Waals surface area contributed by atoms with E-state index < -0.39 is 8.07 Å². The second kappa shape index (κ2) is 4.72. The van der Waals surface area contributed by atoms with E-state index in [4.69, 9.17) is 4.74 Å². The molecule has 0 aliphatic heterocycles. The first kappa shape index (κ1) is 11.9. The maximum Gasteiger partial charge on any atom is 0.0717 e. The molecule has 1 fully saturated rings. The van der Waals surface area contributed by atoms with Gasteiger partial charge in [0.05, 0.1) is 6.61 Å². The van der Waals surface area contributed by atoms with Crippen molar-refractivity contribution in [3.63, 3.8) is 0 Å². The second-order valence-electron chi connectivity index (χ2n) is 5.97. The largest absolute Gasteiger partial charge is 0.376 e. The Morgan fingerprint density at radius 3 is 2.44 bits per heavy atom. The molecule has 0 N–H and O–H groups in total. The maximum atomic E-state index is 5.79. The molecule has 0 bridgehead atoms. The average Bonchev–Trinajstić information content (AvgIpc) is 2.98. The van der Waals surface area contributed by atoms with Crippen molar-refractivity contribution in [3.8, 4) is 0 Å². The molecule has 2 atom stereocenters. The Morgan fingerprint density at radius 1 is 1.19 bits per heavy atom. The second-order valence-corrected chi connectivity index (χ2v) is 11.4. The molecule has 1 aliphatic carbocycles. The standard InChI is InChI=1S/C14H22OSi/c1-16(2,3)14-9-13(14)11-15-10-12-7-5-4-6-8-12/h4-8,13-14H,9-11H2,1-3H3/t13-,14+/m0/s1. The molecule has 88 valence electrons. The summed E-state index contributed by atoms with van der Waals surface area (Å²) in [4.78, 5) is 0. The highest BCUT2D eigenvalue weighted by Crippen LogP contribution is 2.51. The van der Waals surface area contributed by atoms with E-state index in [0.29, 0.717) is 0 Å². The van der Waals surface area contributed by atoms with Crippen molar-refractivity contribution < 1.29 is 4.74 Å². The summed E-state index contributed by atoms with van der Waals surface area (Å²) in [7, 11) is -0.896. The number of benzene rings is 1. The summed E-state index contributed by atoms with van der Waals surface area (Å²) in [5.74, 6) is 0.857. The van der Waals surface area contributed by atoms with Gasteiger partial charge in [-0.25, -0.2) is 0 Å². The van der Waals surface area contributed by atoms with E-state index >= 15 is 0 Å². The Hall–Kier alpha value is -0.603. The van der Waals surface area contributed by atoms with Gasteiger partial charge in [0.25, 0.3) is 0 Å². The summed E-state index contributed by atoms with van der Waals surface area (Å²) in [6.45, 7) is 9.14. The third kappa shape index (κ3) is 3.19. The van der Waals surface area contributed by atoms with Gasteiger partial charge < -0.3 is 4.74 Å². The van der Waals surface area contributed by atoms with Crippen molar-refractivity contribution in [3.05, 3.63) is 35.9 Å². The summed E-state index contributed by atoms with van der Waals surface area (Å²) in [5.41, 5.74) is 2.29. The Balaban J connectivity index is 1.68. The van der Waals surface area contributed by atoms with E-state index in [0.717, 1.165) is 24.7 Å². The minimum absolute atomic E-state index is 0.774. The van der Waals surface area contributed by atoms with Crippen LogP contribution in [0.3, 0.4) is 0 Å². The molecule has 1 aliphatic rings.